The molecule has 0 unspecified atom stereocenters. The smallest absolute Gasteiger partial charge is 0.246 e. The molecule has 0 spiro atoms. The zero-order valence-electron chi connectivity index (χ0n) is 15.3. The van der Waals surface area contributed by atoms with Gasteiger partial charge in [0.05, 0.1) is 18.8 Å². The number of hydrogen-bond acceptors (Lipinski definition) is 6. The van der Waals surface area contributed by atoms with E-state index in [9.17, 15) is 4.79 Å². The molecule has 0 bridgehead atoms. The summed E-state index contributed by atoms with van der Waals surface area (Å²) in [6, 6.07) is 7.25. The van der Waals surface area contributed by atoms with Gasteiger partial charge in [0.25, 0.3) is 0 Å². The van der Waals surface area contributed by atoms with E-state index in [2.05, 4.69) is 20.6 Å². The van der Waals surface area contributed by atoms with Crippen molar-refractivity contribution in [2.75, 3.05) is 7.05 Å². The predicted molar refractivity (Wildman–Crippen MR) is 99.9 cm³/mol. The fourth-order valence-corrected chi connectivity index (χ4v) is 2.70. The molecule has 8 nitrogen and oxygen atoms in total. The first-order valence-corrected chi connectivity index (χ1v) is 8.67. The number of carbonyl (C=O) groups is 1. The van der Waals surface area contributed by atoms with Gasteiger partial charge in [-0.2, -0.15) is 4.80 Å². The van der Waals surface area contributed by atoms with Crippen LogP contribution in [0.1, 0.15) is 28.4 Å². The number of aromatic nitrogens is 5. The molecule has 0 saturated heterocycles. The number of tetrazole rings is 1. The van der Waals surface area contributed by atoms with Crippen molar-refractivity contribution in [3.8, 4) is 0 Å². The molecule has 27 heavy (non-hydrogen) atoms. The molecule has 2 heterocycles. The zero-order valence-corrected chi connectivity index (χ0v) is 16.0. The number of rotatable bonds is 6. The standard InChI is InChI=1S/C18H19ClN6O2/c1-12-8-17(27-22-12)11-24(3)18(26)7-5-14-4-6-16(19)9-15(14)10-25-21-13(2)20-23-25/h4-9H,10-11H2,1-3H3/b7-5+. The van der Waals surface area contributed by atoms with Crippen LogP contribution in [0.2, 0.25) is 5.02 Å². The summed E-state index contributed by atoms with van der Waals surface area (Å²) < 4.78 is 5.14. The summed E-state index contributed by atoms with van der Waals surface area (Å²) in [6.45, 7) is 4.36. The van der Waals surface area contributed by atoms with E-state index in [0.717, 1.165) is 16.8 Å². The molecule has 0 aliphatic carbocycles. The number of aryl methyl sites for hydroxylation is 2. The van der Waals surface area contributed by atoms with Gasteiger partial charge < -0.3 is 9.42 Å². The summed E-state index contributed by atoms with van der Waals surface area (Å²) in [5, 5.41) is 16.4. The number of nitrogens with zero attached hydrogens (tertiary/aromatic N) is 6. The summed E-state index contributed by atoms with van der Waals surface area (Å²) in [5.74, 6) is 1.07. The van der Waals surface area contributed by atoms with Crippen LogP contribution in [-0.2, 0) is 17.9 Å². The van der Waals surface area contributed by atoms with Gasteiger partial charge in [-0.15, -0.1) is 10.2 Å². The first-order chi connectivity index (χ1) is 12.9. The molecule has 3 rings (SSSR count). The Morgan fingerprint density at radius 3 is 2.81 bits per heavy atom. The van der Waals surface area contributed by atoms with Crippen molar-refractivity contribution in [1.82, 2.24) is 30.3 Å². The summed E-state index contributed by atoms with van der Waals surface area (Å²) in [5.41, 5.74) is 2.52. The predicted octanol–water partition coefficient (Wildman–Crippen LogP) is 2.65. The SMILES string of the molecule is Cc1cc(CN(C)C(=O)/C=C/c2ccc(Cl)cc2Cn2nnc(C)n2)on1. The fourth-order valence-electron chi connectivity index (χ4n) is 2.51. The number of benzene rings is 1. The van der Waals surface area contributed by atoms with E-state index in [0.29, 0.717) is 29.7 Å². The van der Waals surface area contributed by atoms with Crippen LogP contribution in [-0.4, -0.2) is 43.2 Å². The number of hydrogen-bond donors (Lipinski definition) is 0. The van der Waals surface area contributed by atoms with Gasteiger partial charge in [-0.25, -0.2) is 0 Å². The molecule has 0 fully saturated rings. The maximum atomic E-state index is 12.4. The molecule has 0 atom stereocenters. The third-order valence-electron chi connectivity index (χ3n) is 3.82. The lowest BCUT2D eigenvalue weighted by atomic mass is 10.1. The van der Waals surface area contributed by atoms with Gasteiger partial charge in [-0.1, -0.05) is 22.8 Å². The second kappa shape index (κ2) is 8.13. The lowest BCUT2D eigenvalue weighted by molar-refractivity contribution is -0.125. The summed E-state index contributed by atoms with van der Waals surface area (Å²) in [7, 11) is 1.70. The van der Waals surface area contributed by atoms with Crippen molar-refractivity contribution in [1.29, 1.82) is 0 Å². The Morgan fingerprint density at radius 1 is 1.33 bits per heavy atom. The monoisotopic (exact) mass is 386 g/mol. The van der Waals surface area contributed by atoms with E-state index >= 15 is 0 Å². The van der Waals surface area contributed by atoms with Crippen molar-refractivity contribution in [3.05, 3.63) is 63.8 Å². The molecule has 0 saturated carbocycles. The van der Waals surface area contributed by atoms with Crippen molar-refractivity contribution < 1.29 is 9.32 Å². The number of carbonyl (C=O) groups excluding carboxylic acids is 1. The first-order valence-electron chi connectivity index (χ1n) is 8.29. The van der Waals surface area contributed by atoms with E-state index in [4.69, 9.17) is 16.1 Å². The van der Waals surface area contributed by atoms with Crippen LogP contribution < -0.4 is 0 Å². The van der Waals surface area contributed by atoms with Crippen LogP contribution in [0.5, 0.6) is 0 Å². The Hall–Kier alpha value is -3.00. The summed E-state index contributed by atoms with van der Waals surface area (Å²) >= 11 is 6.11. The minimum Gasteiger partial charge on any atom is -0.359 e. The number of amides is 1. The first kappa shape index (κ1) is 18.8. The molecular weight excluding hydrogens is 368 g/mol. The molecule has 2 aromatic heterocycles. The van der Waals surface area contributed by atoms with E-state index in [1.165, 1.54) is 10.9 Å². The van der Waals surface area contributed by atoms with Crippen LogP contribution >= 0.6 is 11.6 Å². The van der Waals surface area contributed by atoms with E-state index < -0.39 is 0 Å². The zero-order chi connectivity index (χ0) is 19.4. The molecule has 0 aliphatic heterocycles. The van der Waals surface area contributed by atoms with Crippen LogP contribution in [0.4, 0.5) is 0 Å². The molecule has 1 aromatic carbocycles. The topological polar surface area (TPSA) is 89.9 Å². The number of likely N-dealkylation sites (N-methyl/N-ethyl adjacent to an activating group) is 1. The van der Waals surface area contributed by atoms with Gasteiger partial charge in [-0.3, -0.25) is 4.79 Å². The molecule has 0 N–H and O–H groups in total. The molecule has 1 amide bonds. The minimum absolute atomic E-state index is 0.153. The second-order valence-corrected chi connectivity index (χ2v) is 6.61. The van der Waals surface area contributed by atoms with Gasteiger partial charge in [-0.05, 0) is 48.4 Å². The van der Waals surface area contributed by atoms with Crippen LogP contribution in [0.3, 0.4) is 0 Å². The highest BCUT2D eigenvalue weighted by molar-refractivity contribution is 6.30. The number of halogens is 1. The molecule has 9 heteroatoms. The van der Waals surface area contributed by atoms with Crippen molar-refractivity contribution in [2.24, 2.45) is 0 Å². The molecule has 140 valence electrons. The van der Waals surface area contributed by atoms with Gasteiger partial charge in [0.1, 0.15) is 0 Å². The molecule has 3 aromatic rings. The lowest BCUT2D eigenvalue weighted by Gasteiger charge is -2.12. The Bertz CT molecular complexity index is 978. The molecular formula is C18H19ClN6O2. The van der Waals surface area contributed by atoms with E-state index in [1.54, 1.807) is 37.1 Å². The Balaban J connectivity index is 1.72. The van der Waals surface area contributed by atoms with E-state index in [-0.39, 0.29) is 5.91 Å². The van der Waals surface area contributed by atoms with Crippen LogP contribution in [0.15, 0.2) is 34.9 Å². The summed E-state index contributed by atoms with van der Waals surface area (Å²) in [4.78, 5) is 15.4. The second-order valence-electron chi connectivity index (χ2n) is 6.17. The average Bonchev–Trinajstić information content (AvgIpc) is 3.21. The molecule has 0 radical (unpaired) electrons. The minimum atomic E-state index is -0.153. The normalized spacial score (nSPS) is 11.3. The maximum Gasteiger partial charge on any atom is 0.246 e. The van der Waals surface area contributed by atoms with Crippen molar-refractivity contribution in [3.63, 3.8) is 0 Å². The van der Waals surface area contributed by atoms with Crippen LogP contribution in [0, 0.1) is 13.8 Å². The highest BCUT2D eigenvalue weighted by Gasteiger charge is 2.10. The third kappa shape index (κ3) is 5.01. The van der Waals surface area contributed by atoms with E-state index in [1.807, 2.05) is 19.1 Å². The van der Waals surface area contributed by atoms with Gasteiger partial charge in [0, 0.05) is 24.2 Å². The summed E-state index contributed by atoms with van der Waals surface area (Å²) in [6.07, 6.45) is 3.26. The molecule has 0 aliphatic rings. The Labute approximate surface area is 161 Å². The fraction of sp³-hybridized carbons (Fsp3) is 0.278. The highest BCUT2D eigenvalue weighted by Crippen LogP contribution is 2.18. The highest BCUT2D eigenvalue weighted by atomic mass is 35.5. The Kier molecular flexibility index (Phi) is 5.66. The average molecular weight is 387 g/mol. The quantitative estimate of drug-likeness (QED) is 0.605. The van der Waals surface area contributed by atoms with Gasteiger partial charge in [0.2, 0.25) is 5.91 Å². The van der Waals surface area contributed by atoms with Crippen molar-refractivity contribution >= 4 is 23.6 Å². The van der Waals surface area contributed by atoms with Crippen molar-refractivity contribution in [2.45, 2.75) is 26.9 Å². The largest absolute Gasteiger partial charge is 0.359 e. The lowest BCUT2D eigenvalue weighted by Crippen LogP contribution is -2.23. The van der Waals surface area contributed by atoms with Gasteiger partial charge in [0.15, 0.2) is 11.6 Å². The van der Waals surface area contributed by atoms with Gasteiger partial charge >= 0.3 is 0 Å². The Morgan fingerprint density at radius 2 is 2.15 bits per heavy atom. The maximum absolute atomic E-state index is 12.4. The third-order valence-corrected chi connectivity index (χ3v) is 4.06. The van der Waals surface area contributed by atoms with Crippen LogP contribution in [0.25, 0.3) is 6.08 Å².